The summed E-state index contributed by atoms with van der Waals surface area (Å²) in [5.74, 6) is 0.233. The second-order valence-electron chi connectivity index (χ2n) is 7.52. The quantitative estimate of drug-likeness (QED) is 0.682. The SMILES string of the molecule is CC(=O)N1CCC(NC2CCOCC2)=C(C(=N)c2cccc3nc(N)ncc23)C1. The minimum Gasteiger partial charge on any atom is -0.385 e. The summed E-state index contributed by atoms with van der Waals surface area (Å²) in [4.78, 5) is 22.2. The van der Waals surface area contributed by atoms with Crippen LogP contribution in [0.25, 0.3) is 10.9 Å². The van der Waals surface area contributed by atoms with E-state index in [9.17, 15) is 4.79 Å². The smallest absolute Gasteiger partial charge is 0.220 e. The monoisotopic (exact) mass is 394 g/mol. The maximum Gasteiger partial charge on any atom is 0.220 e. The van der Waals surface area contributed by atoms with Gasteiger partial charge in [0.25, 0.3) is 0 Å². The lowest BCUT2D eigenvalue weighted by Crippen LogP contribution is -2.43. The Kier molecular flexibility index (Phi) is 5.44. The van der Waals surface area contributed by atoms with Crippen molar-refractivity contribution in [2.24, 2.45) is 0 Å². The van der Waals surface area contributed by atoms with Gasteiger partial charge >= 0.3 is 0 Å². The molecule has 0 aliphatic carbocycles. The van der Waals surface area contributed by atoms with E-state index in [1.165, 1.54) is 0 Å². The van der Waals surface area contributed by atoms with E-state index in [0.29, 0.717) is 36.8 Å². The number of nitrogen functional groups attached to an aromatic ring is 1. The molecule has 8 nitrogen and oxygen atoms in total. The highest BCUT2D eigenvalue weighted by Gasteiger charge is 2.27. The molecule has 2 aliphatic heterocycles. The van der Waals surface area contributed by atoms with Gasteiger partial charge in [-0.2, -0.15) is 0 Å². The molecule has 2 aliphatic rings. The number of rotatable bonds is 4. The van der Waals surface area contributed by atoms with Gasteiger partial charge in [0.15, 0.2) is 0 Å². The predicted octanol–water partition coefficient (Wildman–Crippen LogP) is 1.85. The van der Waals surface area contributed by atoms with Crippen molar-refractivity contribution in [3.8, 4) is 0 Å². The van der Waals surface area contributed by atoms with Crippen LogP contribution in [0.3, 0.4) is 0 Å². The summed E-state index contributed by atoms with van der Waals surface area (Å²) in [5.41, 5.74) is 9.46. The highest BCUT2D eigenvalue weighted by Crippen LogP contribution is 2.25. The number of nitrogens with two attached hydrogens (primary N) is 1. The number of nitrogens with zero attached hydrogens (tertiary/aromatic N) is 3. The number of hydrogen-bond acceptors (Lipinski definition) is 7. The summed E-state index contributed by atoms with van der Waals surface area (Å²) >= 11 is 0. The third-order valence-electron chi connectivity index (χ3n) is 5.61. The van der Waals surface area contributed by atoms with Crippen molar-refractivity contribution in [3.05, 3.63) is 41.2 Å². The van der Waals surface area contributed by atoms with Gasteiger partial charge in [-0.1, -0.05) is 12.1 Å². The van der Waals surface area contributed by atoms with Gasteiger partial charge in [0, 0.05) is 74.1 Å². The zero-order chi connectivity index (χ0) is 20.4. The highest BCUT2D eigenvalue weighted by molar-refractivity contribution is 6.18. The van der Waals surface area contributed by atoms with Gasteiger partial charge in [0.2, 0.25) is 11.9 Å². The Balaban J connectivity index is 1.72. The molecule has 152 valence electrons. The van der Waals surface area contributed by atoms with Crippen LogP contribution in [-0.4, -0.2) is 58.8 Å². The Hall–Kier alpha value is -3.00. The molecule has 0 saturated carbocycles. The second kappa shape index (κ2) is 8.16. The Morgan fingerprint density at radius 3 is 2.90 bits per heavy atom. The minimum atomic E-state index is 0.0226. The largest absolute Gasteiger partial charge is 0.385 e. The summed E-state index contributed by atoms with van der Waals surface area (Å²) in [6.45, 7) is 4.16. The zero-order valence-corrected chi connectivity index (χ0v) is 16.6. The molecule has 0 spiro atoms. The molecule has 1 amide bonds. The maximum atomic E-state index is 12.0. The van der Waals surface area contributed by atoms with Gasteiger partial charge in [-0.3, -0.25) is 10.2 Å². The topological polar surface area (TPSA) is 117 Å². The Labute approximate surface area is 169 Å². The average Bonchev–Trinajstić information content (AvgIpc) is 2.73. The average molecular weight is 394 g/mol. The number of carbonyl (C=O) groups excluding carboxylic acids is 1. The number of nitrogens with one attached hydrogen (secondary N) is 2. The van der Waals surface area contributed by atoms with Gasteiger partial charge in [-0.25, -0.2) is 9.97 Å². The van der Waals surface area contributed by atoms with Crippen molar-refractivity contribution in [2.45, 2.75) is 32.2 Å². The molecule has 1 saturated heterocycles. The summed E-state index contributed by atoms with van der Waals surface area (Å²) in [6, 6.07) is 5.97. The molecule has 29 heavy (non-hydrogen) atoms. The molecule has 4 rings (SSSR count). The van der Waals surface area contributed by atoms with Crippen LogP contribution in [0.15, 0.2) is 35.7 Å². The fourth-order valence-electron chi connectivity index (χ4n) is 3.96. The Morgan fingerprint density at radius 2 is 2.14 bits per heavy atom. The first-order valence-electron chi connectivity index (χ1n) is 9.95. The lowest BCUT2D eigenvalue weighted by Gasteiger charge is -2.34. The van der Waals surface area contributed by atoms with Crippen LogP contribution < -0.4 is 11.1 Å². The van der Waals surface area contributed by atoms with Gasteiger partial charge in [0.1, 0.15) is 0 Å². The molecule has 1 aromatic carbocycles. The first-order chi connectivity index (χ1) is 14.0. The number of hydrogen-bond donors (Lipinski definition) is 3. The van der Waals surface area contributed by atoms with Gasteiger partial charge in [0.05, 0.1) is 11.2 Å². The maximum absolute atomic E-state index is 12.0. The number of ether oxygens (including phenoxy) is 1. The van der Waals surface area contributed by atoms with E-state index in [2.05, 4.69) is 15.3 Å². The lowest BCUT2D eigenvalue weighted by atomic mass is 9.93. The molecule has 8 heteroatoms. The van der Waals surface area contributed by atoms with Crippen molar-refractivity contribution in [1.82, 2.24) is 20.2 Å². The number of carbonyl (C=O) groups is 1. The predicted molar refractivity (Wildman–Crippen MR) is 112 cm³/mol. The number of aromatic nitrogens is 2. The van der Waals surface area contributed by atoms with E-state index in [4.69, 9.17) is 15.9 Å². The third-order valence-corrected chi connectivity index (χ3v) is 5.61. The van der Waals surface area contributed by atoms with Gasteiger partial charge in [-0.15, -0.1) is 0 Å². The lowest BCUT2D eigenvalue weighted by molar-refractivity contribution is -0.128. The van der Waals surface area contributed by atoms with Crippen LogP contribution in [0.4, 0.5) is 5.95 Å². The van der Waals surface area contributed by atoms with Gasteiger partial charge < -0.3 is 20.7 Å². The molecule has 0 atom stereocenters. The van der Waals surface area contributed by atoms with E-state index in [1.807, 2.05) is 18.2 Å². The summed E-state index contributed by atoms with van der Waals surface area (Å²) < 4.78 is 5.46. The van der Waals surface area contributed by atoms with Crippen LogP contribution in [-0.2, 0) is 9.53 Å². The summed E-state index contributed by atoms with van der Waals surface area (Å²) in [7, 11) is 0. The number of fused-ring (bicyclic) bond motifs is 1. The van der Waals surface area contributed by atoms with Crippen LogP contribution >= 0.6 is 0 Å². The van der Waals surface area contributed by atoms with E-state index in [1.54, 1.807) is 18.0 Å². The van der Waals surface area contributed by atoms with Crippen LogP contribution in [0.1, 0.15) is 31.7 Å². The fourth-order valence-corrected chi connectivity index (χ4v) is 3.96. The normalized spacial score (nSPS) is 18.2. The van der Waals surface area contributed by atoms with Gasteiger partial charge in [-0.05, 0) is 18.9 Å². The second-order valence-corrected chi connectivity index (χ2v) is 7.52. The Bertz CT molecular complexity index is 980. The minimum absolute atomic E-state index is 0.0226. The van der Waals surface area contributed by atoms with Crippen LogP contribution in [0.2, 0.25) is 0 Å². The van der Waals surface area contributed by atoms with E-state index in [0.717, 1.165) is 48.3 Å². The number of anilines is 1. The third kappa shape index (κ3) is 4.07. The van der Waals surface area contributed by atoms with E-state index >= 15 is 0 Å². The first-order valence-corrected chi connectivity index (χ1v) is 9.95. The first kappa shape index (κ1) is 19.3. The van der Waals surface area contributed by atoms with Crippen molar-refractivity contribution in [1.29, 1.82) is 5.41 Å². The molecule has 0 bridgehead atoms. The molecule has 1 aromatic heterocycles. The number of amides is 1. The van der Waals surface area contributed by atoms with Crippen molar-refractivity contribution < 1.29 is 9.53 Å². The van der Waals surface area contributed by atoms with Crippen molar-refractivity contribution >= 4 is 28.5 Å². The van der Waals surface area contributed by atoms with Crippen LogP contribution in [0, 0.1) is 5.41 Å². The number of benzene rings is 1. The Morgan fingerprint density at radius 1 is 1.34 bits per heavy atom. The van der Waals surface area contributed by atoms with E-state index < -0.39 is 0 Å². The van der Waals surface area contributed by atoms with E-state index in [-0.39, 0.29) is 11.9 Å². The van der Waals surface area contributed by atoms with Crippen molar-refractivity contribution in [3.63, 3.8) is 0 Å². The molecular weight excluding hydrogens is 368 g/mol. The molecule has 3 heterocycles. The zero-order valence-electron chi connectivity index (χ0n) is 16.6. The molecule has 0 unspecified atom stereocenters. The fraction of sp³-hybridized carbons (Fsp3) is 0.429. The molecule has 1 fully saturated rings. The summed E-state index contributed by atoms with van der Waals surface area (Å²) in [6.07, 6.45) is 4.27. The van der Waals surface area contributed by atoms with Crippen LogP contribution in [0.5, 0.6) is 0 Å². The highest BCUT2D eigenvalue weighted by atomic mass is 16.5. The molecule has 2 aromatic rings. The standard InChI is InChI=1S/C21H26N6O2/c1-13(28)27-8-5-19(25-14-6-9-29-10-7-14)17(12-27)20(22)15-3-2-4-18-16(15)11-24-21(23)26-18/h2-4,11,14,22,25H,5-10,12H2,1H3,(H2,23,24,26). The molecule has 4 N–H and O–H groups in total. The summed E-state index contributed by atoms with van der Waals surface area (Å²) in [5, 5.41) is 13.4. The molecular formula is C21H26N6O2. The molecule has 0 radical (unpaired) electrons. The van der Waals surface area contributed by atoms with Crippen molar-refractivity contribution in [2.75, 3.05) is 32.0 Å².